The number of halogens is 2. The number of nitrogens with one attached hydrogen (secondary N) is 1. The lowest BCUT2D eigenvalue weighted by atomic mass is 10.1. The van der Waals surface area contributed by atoms with Gasteiger partial charge in [0.25, 0.3) is 5.91 Å². The molecule has 2 aromatic carbocycles. The smallest absolute Gasteiger partial charge is 0.257 e. The summed E-state index contributed by atoms with van der Waals surface area (Å²) in [6.07, 6.45) is 0. The summed E-state index contributed by atoms with van der Waals surface area (Å²) < 4.78 is 31.8. The number of hydrogen-bond acceptors (Lipinski definition) is 3. The molecular formula is C18H18F2N2O3. The first-order valence-electron chi connectivity index (χ1n) is 7.62. The molecule has 0 aliphatic rings. The van der Waals surface area contributed by atoms with E-state index in [9.17, 15) is 18.4 Å². The van der Waals surface area contributed by atoms with E-state index in [1.54, 1.807) is 31.2 Å². The molecule has 132 valence electrons. The molecule has 0 radical (unpaired) electrons. The lowest BCUT2D eigenvalue weighted by molar-refractivity contribution is -0.116. The monoisotopic (exact) mass is 348 g/mol. The van der Waals surface area contributed by atoms with Crippen LogP contribution in [-0.4, -0.2) is 36.9 Å². The zero-order valence-electron chi connectivity index (χ0n) is 13.9. The van der Waals surface area contributed by atoms with Gasteiger partial charge in [-0.05, 0) is 31.2 Å². The van der Waals surface area contributed by atoms with Crippen molar-refractivity contribution in [2.24, 2.45) is 0 Å². The molecule has 2 amide bonds. The van der Waals surface area contributed by atoms with Crippen molar-refractivity contribution in [3.8, 4) is 5.75 Å². The summed E-state index contributed by atoms with van der Waals surface area (Å²) in [6, 6.07) is 9.46. The van der Waals surface area contributed by atoms with Crippen LogP contribution in [0.25, 0.3) is 0 Å². The number of methoxy groups -OCH3 is 1. The molecule has 7 heteroatoms. The van der Waals surface area contributed by atoms with Gasteiger partial charge < -0.3 is 15.0 Å². The highest BCUT2D eigenvalue weighted by Crippen LogP contribution is 2.17. The van der Waals surface area contributed by atoms with E-state index in [-0.39, 0.29) is 18.7 Å². The topological polar surface area (TPSA) is 58.6 Å². The van der Waals surface area contributed by atoms with Gasteiger partial charge in [0, 0.05) is 24.4 Å². The van der Waals surface area contributed by atoms with Crippen LogP contribution in [0.4, 0.5) is 14.5 Å². The molecule has 0 fully saturated rings. The number of benzene rings is 2. The molecule has 0 atom stereocenters. The van der Waals surface area contributed by atoms with Crippen LogP contribution >= 0.6 is 0 Å². The summed E-state index contributed by atoms with van der Waals surface area (Å²) in [5, 5.41) is 2.64. The summed E-state index contributed by atoms with van der Waals surface area (Å²) >= 11 is 0. The highest BCUT2D eigenvalue weighted by molar-refractivity contribution is 5.99. The van der Waals surface area contributed by atoms with E-state index in [4.69, 9.17) is 4.74 Å². The molecule has 2 rings (SSSR count). The standard InChI is InChI=1S/C18H18F2N2O3/c1-3-22(18(24)15-8-7-12(19)9-16(15)20)11-17(23)21-13-5-4-6-14(10-13)25-2/h4-10H,3,11H2,1-2H3,(H,21,23). The Hall–Kier alpha value is -2.96. The molecule has 5 nitrogen and oxygen atoms in total. The van der Waals surface area contributed by atoms with Crippen LogP contribution in [0.1, 0.15) is 17.3 Å². The number of carbonyl (C=O) groups is 2. The number of carbonyl (C=O) groups excluding carboxylic acids is 2. The second kappa shape index (κ2) is 8.23. The fourth-order valence-corrected chi connectivity index (χ4v) is 2.24. The van der Waals surface area contributed by atoms with Crippen molar-refractivity contribution in [1.82, 2.24) is 4.90 Å². The first-order valence-corrected chi connectivity index (χ1v) is 7.62. The summed E-state index contributed by atoms with van der Waals surface area (Å²) in [5.41, 5.74) is 0.234. The molecule has 0 unspecified atom stereocenters. The average Bonchev–Trinajstić information content (AvgIpc) is 2.59. The van der Waals surface area contributed by atoms with Crippen molar-refractivity contribution in [3.63, 3.8) is 0 Å². The van der Waals surface area contributed by atoms with Gasteiger partial charge in [-0.25, -0.2) is 8.78 Å². The van der Waals surface area contributed by atoms with E-state index in [0.29, 0.717) is 17.5 Å². The molecule has 25 heavy (non-hydrogen) atoms. The van der Waals surface area contributed by atoms with Crippen molar-refractivity contribution in [2.75, 3.05) is 25.5 Å². The number of hydrogen-bond donors (Lipinski definition) is 1. The first kappa shape index (κ1) is 18.4. The largest absolute Gasteiger partial charge is 0.497 e. The quantitative estimate of drug-likeness (QED) is 0.873. The van der Waals surface area contributed by atoms with Gasteiger partial charge in [-0.3, -0.25) is 9.59 Å². The summed E-state index contributed by atoms with van der Waals surface area (Å²) in [6.45, 7) is 1.60. The maximum atomic E-state index is 13.8. The zero-order chi connectivity index (χ0) is 18.4. The molecule has 0 heterocycles. The Morgan fingerprint density at radius 2 is 1.92 bits per heavy atom. The third-order valence-electron chi connectivity index (χ3n) is 3.52. The minimum Gasteiger partial charge on any atom is -0.497 e. The highest BCUT2D eigenvalue weighted by Gasteiger charge is 2.20. The van der Waals surface area contributed by atoms with Gasteiger partial charge >= 0.3 is 0 Å². The summed E-state index contributed by atoms with van der Waals surface area (Å²) in [5.74, 6) is -2.27. The lowest BCUT2D eigenvalue weighted by Crippen LogP contribution is -2.38. The van der Waals surface area contributed by atoms with Gasteiger partial charge in [0.2, 0.25) is 5.91 Å². The maximum Gasteiger partial charge on any atom is 0.257 e. The van der Waals surface area contributed by atoms with Gasteiger partial charge in [-0.1, -0.05) is 6.07 Å². The Morgan fingerprint density at radius 1 is 1.16 bits per heavy atom. The third-order valence-corrected chi connectivity index (χ3v) is 3.52. The van der Waals surface area contributed by atoms with E-state index in [1.807, 2.05) is 0 Å². The SMILES string of the molecule is CCN(CC(=O)Nc1cccc(OC)c1)C(=O)c1ccc(F)cc1F. The molecule has 0 aromatic heterocycles. The molecule has 0 aliphatic carbocycles. The minimum absolute atomic E-state index is 0.196. The van der Waals surface area contributed by atoms with Crippen LogP contribution in [0.3, 0.4) is 0 Å². The fraction of sp³-hybridized carbons (Fsp3) is 0.222. The van der Waals surface area contributed by atoms with Crippen LogP contribution in [-0.2, 0) is 4.79 Å². The van der Waals surface area contributed by atoms with Gasteiger partial charge in [0.15, 0.2) is 0 Å². The van der Waals surface area contributed by atoms with E-state index < -0.39 is 23.4 Å². The minimum atomic E-state index is -0.961. The van der Waals surface area contributed by atoms with Gasteiger partial charge in [0.1, 0.15) is 23.9 Å². The Kier molecular flexibility index (Phi) is 6.05. The highest BCUT2D eigenvalue weighted by atomic mass is 19.1. The molecular weight excluding hydrogens is 330 g/mol. The zero-order valence-corrected chi connectivity index (χ0v) is 13.9. The van der Waals surface area contributed by atoms with E-state index in [1.165, 1.54) is 12.0 Å². The van der Waals surface area contributed by atoms with Crippen LogP contribution < -0.4 is 10.1 Å². The van der Waals surface area contributed by atoms with Crippen LogP contribution in [0, 0.1) is 11.6 Å². The van der Waals surface area contributed by atoms with Crippen LogP contribution in [0.2, 0.25) is 0 Å². The number of rotatable bonds is 6. The maximum absolute atomic E-state index is 13.8. The molecule has 0 aliphatic heterocycles. The van der Waals surface area contributed by atoms with E-state index >= 15 is 0 Å². The van der Waals surface area contributed by atoms with Crippen LogP contribution in [0.5, 0.6) is 5.75 Å². The van der Waals surface area contributed by atoms with Gasteiger partial charge in [-0.2, -0.15) is 0 Å². The molecule has 0 bridgehead atoms. The van der Waals surface area contributed by atoms with Gasteiger partial charge in [-0.15, -0.1) is 0 Å². The molecule has 0 spiro atoms. The van der Waals surface area contributed by atoms with Crippen molar-refractivity contribution in [1.29, 1.82) is 0 Å². The normalized spacial score (nSPS) is 10.2. The number of anilines is 1. The van der Waals surface area contributed by atoms with E-state index in [0.717, 1.165) is 12.1 Å². The molecule has 1 N–H and O–H groups in total. The second-order valence-electron chi connectivity index (χ2n) is 5.22. The average molecular weight is 348 g/mol. The van der Waals surface area contributed by atoms with Crippen LogP contribution in [0.15, 0.2) is 42.5 Å². The molecule has 0 saturated heterocycles. The van der Waals surface area contributed by atoms with Crippen molar-refractivity contribution in [3.05, 3.63) is 59.7 Å². The number of ether oxygens (including phenoxy) is 1. The first-order chi connectivity index (χ1) is 11.9. The lowest BCUT2D eigenvalue weighted by Gasteiger charge is -2.20. The third kappa shape index (κ3) is 4.76. The van der Waals surface area contributed by atoms with E-state index in [2.05, 4.69) is 5.32 Å². The molecule has 0 saturated carbocycles. The number of amides is 2. The predicted octanol–water partition coefficient (Wildman–Crippen LogP) is 3.07. The fourth-order valence-electron chi connectivity index (χ4n) is 2.24. The summed E-state index contributed by atoms with van der Waals surface area (Å²) in [4.78, 5) is 25.7. The van der Waals surface area contributed by atoms with Gasteiger partial charge in [0.05, 0.1) is 12.7 Å². The number of likely N-dealkylation sites (N-methyl/N-ethyl adjacent to an activating group) is 1. The Bertz CT molecular complexity index is 781. The predicted molar refractivity (Wildman–Crippen MR) is 89.6 cm³/mol. The Morgan fingerprint density at radius 3 is 2.56 bits per heavy atom. The van der Waals surface area contributed by atoms with Crippen molar-refractivity contribution in [2.45, 2.75) is 6.92 Å². The Balaban J connectivity index is 2.07. The molecule has 2 aromatic rings. The summed E-state index contributed by atoms with van der Waals surface area (Å²) in [7, 11) is 1.51. The second-order valence-corrected chi connectivity index (χ2v) is 5.22. The van der Waals surface area contributed by atoms with Crippen molar-refractivity contribution >= 4 is 17.5 Å². The Labute approximate surface area is 144 Å². The number of nitrogens with zero attached hydrogens (tertiary/aromatic N) is 1. The van der Waals surface area contributed by atoms with Crippen molar-refractivity contribution < 1.29 is 23.1 Å².